The highest BCUT2D eigenvalue weighted by Crippen LogP contribution is 2.74. The lowest BCUT2D eigenvalue weighted by atomic mass is 9.34. The van der Waals surface area contributed by atoms with Crippen LogP contribution in [0.15, 0.2) is 21.3 Å². The molecule has 4 fully saturated rings. The highest BCUT2D eigenvalue weighted by molar-refractivity contribution is 14.1. The Morgan fingerprint density at radius 2 is 1.56 bits per heavy atom. The molecule has 1 saturated heterocycles. The number of amides is 1. The van der Waals surface area contributed by atoms with Gasteiger partial charge < -0.3 is 4.90 Å². The van der Waals surface area contributed by atoms with E-state index in [1.54, 1.807) is 0 Å². The Morgan fingerprint density at radius 3 is 2.22 bits per heavy atom. The number of nitrogens with zero attached hydrogens (tertiary/aromatic N) is 1. The van der Waals surface area contributed by atoms with Gasteiger partial charge >= 0.3 is 0 Å². The summed E-state index contributed by atoms with van der Waals surface area (Å²) in [4.78, 5) is 45.1. The van der Waals surface area contributed by atoms with Crippen LogP contribution < -0.4 is 0 Å². The van der Waals surface area contributed by atoms with E-state index >= 15 is 0 Å². The zero-order chi connectivity index (χ0) is 29.9. The first-order valence-electron chi connectivity index (χ1n) is 16.5. The molecule has 1 aliphatic heterocycles. The monoisotopic (exact) mass is 673 g/mol. The zero-order valence-corrected chi connectivity index (χ0v) is 28.9. The molecule has 0 radical (unpaired) electrons. The number of halogens is 1. The maximum Gasteiger partial charge on any atom is 0.236 e. The summed E-state index contributed by atoms with van der Waals surface area (Å²) in [7, 11) is 0. The van der Waals surface area contributed by atoms with Crippen molar-refractivity contribution in [2.75, 3.05) is 13.1 Å². The van der Waals surface area contributed by atoms with E-state index in [4.69, 9.17) is 0 Å². The quantitative estimate of drug-likeness (QED) is 0.209. The number of Topliss-reactive ketones (excluding diaryl/α,β-unsaturated/α-hetero) is 1. The van der Waals surface area contributed by atoms with E-state index in [1.165, 1.54) is 24.8 Å². The molecule has 226 valence electrons. The predicted octanol–water partition coefficient (Wildman–Crippen LogP) is 8.19. The molecule has 5 heteroatoms. The van der Waals surface area contributed by atoms with E-state index < -0.39 is 10.8 Å². The van der Waals surface area contributed by atoms with Gasteiger partial charge in [-0.1, -0.05) is 60.1 Å². The van der Waals surface area contributed by atoms with Crippen LogP contribution in [0.25, 0.3) is 0 Å². The van der Waals surface area contributed by atoms with Crippen LogP contribution in [0.5, 0.6) is 0 Å². The second-order valence-corrected chi connectivity index (χ2v) is 17.8. The molecule has 0 aromatic heterocycles. The molecule has 0 unspecified atom stereocenters. The highest BCUT2D eigenvalue weighted by atomic mass is 127. The van der Waals surface area contributed by atoms with Crippen molar-refractivity contribution in [3.05, 3.63) is 21.3 Å². The predicted molar refractivity (Wildman–Crippen MR) is 172 cm³/mol. The van der Waals surface area contributed by atoms with Gasteiger partial charge in [-0.2, -0.15) is 0 Å². The number of piperidine rings is 1. The summed E-state index contributed by atoms with van der Waals surface area (Å²) in [6, 6.07) is 0. The van der Waals surface area contributed by atoms with Gasteiger partial charge in [0.2, 0.25) is 5.91 Å². The van der Waals surface area contributed by atoms with E-state index in [0.717, 1.165) is 45.2 Å². The summed E-state index contributed by atoms with van der Waals surface area (Å²) in [5.41, 5.74) is -0.225. The number of carbonyl (C=O) groups is 3. The lowest BCUT2D eigenvalue weighted by Crippen LogP contribution is -2.67. The molecule has 0 N–H and O–H groups in total. The van der Waals surface area contributed by atoms with Crippen LogP contribution >= 0.6 is 22.6 Å². The van der Waals surface area contributed by atoms with Gasteiger partial charge in [-0.05, 0) is 133 Å². The van der Waals surface area contributed by atoms with Crippen molar-refractivity contribution >= 4 is 40.1 Å². The Balaban J connectivity index is 1.46. The van der Waals surface area contributed by atoms with E-state index in [-0.39, 0.29) is 45.6 Å². The lowest BCUT2D eigenvalue weighted by Gasteiger charge is -2.69. The minimum Gasteiger partial charge on any atom is -0.342 e. The number of rotatable bonds is 1. The first-order valence-corrected chi connectivity index (χ1v) is 17.6. The molecule has 6 aliphatic rings. The van der Waals surface area contributed by atoms with Gasteiger partial charge in [0.25, 0.3) is 0 Å². The van der Waals surface area contributed by atoms with Crippen LogP contribution in [0, 0.1) is 62.6 Å². The third kappa shape index (κ3) is 3.84. The minimum absolute atomic E-state index is 0.000598. The molecule has 6 rings (SSSR count). The van der Waals surface area contributed by atoms with Crippen LogP contribution in [-0.4, -0.2) is 35.5 Å². The van der Waals surface area contributed by atoms with Gasteiger partial charge in [0, 0.05) is 24.4 Å². The number of carbonyl (C=O) groups excluding carboxylic acids is 3. The summed E-state index contributed by atoms with van der Waals surface area (Å²) in [6.45, 7) is 20.1. The van der Waals surface area contributed by atoms with Crippen molar-refractivity contribution in [2.24, 2.45) is 62.6 Å². The average molecular weight is 674 g/mol. The molecule has 5 aliphatic carbocycles. The van der Waals surface area contributed by atoms with E-state index in [2.05, 4.69) is 83.2 Å². The Morgan fingerprint density at radius 1 is 0.902 bits per heavy atom. The molecule has 1 amide bonds. The fourth-order valence-electron chi connectivity index (χ4n) is 11.6. The number of fused-ring (bicyclic) bond motifs is 7. The van der Waals surface area contributed by atoms with Gasteiger partial charge in [0.15, 0.2) is 11.6 Å². The third-order valence-electron chi connectivity index (χ3n) is 14.7. The Hall–Kier alpha value is -0.980. The molecule has 0 spiro atoms. The molecular formula is C36H52INO3. The lowest BCUT2D eigenvalue weighted by molar-refractivity contribution is -0.180. The van der Waals surface area contributed by atoms with Gasteiger partial charge in [-0.3, -0.25) is 14.4 Å². The average Bonchev–Trinajstić information content (AvgIpc) is 2.91. The minimum atomic E-state index is -1.12. The number of allylic oxidation sites excluding steroid dienone is 4. The van der Waals surface area contributed by atoms with Crippen molar-refractivity contribution in [3.8, 4) is 0 Å². The summed E-state index contributed by atoms with van der Waals surface area (Å²) in [6.07, 6.45) is 12.8. The molecular weight excluding hydrogens is 621 g/mol. The van der Waals surface area contributed by atoms with Gasteiger partial charge in [0.1, 0.15) is 5.41 Å². The molecule has 10 atom stereocenters. The number of ketones is 2. The van der Waals surface area contributed by atoms with Crippen LogP contribution in [0.2, 0.25) is 0 Å². The van der Waals surface area contributed by atoms with Crippen molar-refractivity contribution in [3.63, 3.8) is 0 Å². The van der Waals surface area contributed by atoms with Crippen LogP contribution in [-0.2, 0) is 14.4 Å². The summed E-state index contributed by atoms with van der Waals surface area (Å²) in [5.74, 6) is 2.13. The van der Waals surface area contributed by atoms with Gasteiger partial charge in [-0.25, -0.2) is 0 Å². The summed E-state index contributed by atoms with van der Waals surface area (Å²) >= 11 is 2.18. The fraction of sp³-hybridized carbons (Fsp3) is 0.806. The molecule has 0 bridgehead atoms. The highest BCUT2D eigenvalue weighted by Gasteiger charge is 2.71. The molecule has 41 heavy (non-hydrogen) atoms. The number of likely N-dealkylation sites (tertiary alicyclic amines) is 1. The smallest absolute Gasteiger partial charge is 0.236 e. The summed E-state index contributed by atoms with van der Waals surface area (Å²) in [5, 5.41) is 0. The first kappa shape index (κ1) is 30.1. The SMILES string of the molecule is CC1CCN(C(=O)[C@@]2(C)C(=O)C(I)=C[C@]3(C)[C@H]4C(=O)C=C5[C@@H]6[C@@H](C)[C@H](C)CC[C@]6(C)CC[C@@]5(C)[C@]4(C)CC[C@@H]23)CC1. The van der Waals surface area contributed by atoms with E-state index in [9.17, 15) is 14.4 Å². The third-order valence-corrected chi connectivity index (χ3v) is 15.5. The van der Waals surface area contributed by atoms with Crippen LogP contribution in [0.1, 0.15) is 107 Å². The molecule has 0 aromatic rings. The normalized spacial score (nSPS) is 50.2. The van der Waals surface area contributed by atoms with E-state index in [0.29, 0.717) is 27.3 Å². The maximum absolute atomic E-state index is 14.7. The molecule has 4 nitrogen and oxygen atoms in total. The fourth-order valence-corrected chi connectivity index (χ4v) is 12.9. The second-order valence-electron chi connectivity index (χ2n) is 16.6. The molecule has 3 saturated carbocycles. The van der Waals surface area contributed by atoms with E-state index in [1.807, 2.05) is 11.8 Å². The van der Waals surface area contributed by atoms with Crippen molar-refractivity contribution in [1.29, 1.82) is 0 Å². The van der Waals surface area contributed by atoms with Crippen molar-refractivity contribution in [2.45, 2.75) is 107 Å². The number of hydrogen-bond donors (Lipinski definition) is 0. The second kappa shape index (κ2) is 9.51. The maximum atomic E-state index is 14.7. The largest absolute Gasteiger partial charge is 0.342 e. The zero-order valence-electron chi connectivity index (χ0n) is 26.7. The molecule has 1 heterocycles. The van der Waals surface area contributed by atoms with Gasteiger partial charge in [0.05, 0.1) is 3.58 Å². The van der Waals surface area contributed by atoms with Crippen molar-refractivity contribution < 1.29 is 14.4 Å². The number of hydrogen-bond acceptors (Lipinski definition) is 3. The topological polar surface area (TPSA) is 54.5 Å². The summed E-state index contributed by atoms with van der Waals surface area (Å²) < 4.78 is 0.644. The Labute approximate surface area is 262 Å². The molecule has 0 aromatic carbocycles. The van der Waals surface area contributed by atoms with Crippen LogP contribution in [0.3, 0.4) is 0 Å². The first-order chi connectivity index (χ1) is 19.0. The standard InChI is InChI=1S/C36H52INO3/c1-21-11-17-38(18-12-21)31(41)36(8)27-10-14-35(7)29(33(27,5)20-25(37)30(36)40)26(39)19-24-28-23(3)22(2)9-13-32(28,4)15-16-34(24,35)6/h19-23,27-29H,9-18H2,1-8H3/t22-,23+,27-,28+,29-,32-,33+,34-,35-,36-/m1/s1. The van der Waals surface area contributed by atoms with Crippen LogP contribution in [0.4, 0.5) is 0 Å². The Kier molecular flexibility index (Phi) is 6.97. The van der Waals surface area contributed by atoms with Crippen molar-refractivity contribution in [1.82, 2.24) is 4.90 Å². The Bertz CT molecular complexity index is 1250. The van der Waals surface area contributed by atoms with Gasteiger partial charge in [-0.15, -0.1) is 0 Å².